The van der Waals surface area contributed by atoms with Gasteiger partial charge < -0.3 is 15.6 Å². The van der Waals surface area contributed by atoms with Crippen LogP contribution in [-0.4, -0.2) is 16.8 Å². The first-order valence-electron chi connectivity index (χ1n) is 8.06. The fourth-order valence-corrected chi connectivity index (χ4v) is 3.46. The standard InChI is InChI=1S/C18H17N3O3/c22-16-9-15(11-5-1-2-6-14(11)19-16)21-18(24)12-8-10-4-3-7-13(10)20-17(12)23/h1-2,5-6,8,15H,3-4,7,9H2,(H,19,22)(H,20,23)(H,21,24). The number of carbonyl (C=O) groups is 2. The first-order valence-corrected chi connectivity index (χ1v) is 8.06. The number of anilines is 1. The van der Waals surface area contributed by atoms with Crippen LogP contribution in [0.25, 0.3) is 0 Å². The van der Waals surface area contributed by atoms with Gasteiger partial charge in [-0.25, -0.2) is 0 Å². The molecule has 4 rings (SSSR count). The summed E-state index contributed by atoms with van der Waals surface area (Å²) in [5, 5.41) is 5.62. The molecule has 2 aliphatic rings. The molecule has 1 aromatic heterocycles. The zero-order valence-electron chi connectivity index (χ0n) is 13.0. The van der Waals surface area contributed by atoms with Crippen molar-refractivity contribution in [1.29, 1.82) is 0 Å². The summed E-state index contributed by atoms with van der Waals surface area (Å²) in [5.74, 6) is -0.595. The molecular weight excluding hydrogens is 306 g/mol. The molecule has 3 N–H and O–H groups in total. The number of carbonyl (C=O) groups excluding carboxylic acids is 2. The lowest BCUT2D eigenvalue weighted by atomic mass is 9.97. The second-order valence-electron chi connectivity index (χ2n) is 6.24. The summed E-state index contributed by atoms with van der Waals surface area (Å²) in [6.07, 6.45) is 2.88. The van der Waals surface area contributed by atoms with Crippen molar-refractivity contribution >= 4 is 17.5 Å². The van der Waals surface area contributed by atoms with Crippen molar-refractivity contribution in [2.75, 3.05) is 5.32 Å². The average Bonchev–Trinajstić information content (AvgIpc) is 3.01. The first-order chi connectivity index (χ1) is 11.6. The highest BCUT2D eigenvalue weighted by atomic mass is 16.2. The quantitative estimate of drug-likeness (QED) is 0.785. The minimum atomic E-state index is -0.444. The van der Waals surface area contributed by atoms with Gasteiger partial charge in [0.2, 0.25) is 5.91 Å². The number of benzene rings is 1. The van der Waals surface area contributed by atoms with E-state index in [0.717, 1.165) is 36.1 Å². The van der Waals surface area contributed by atoms with Gasteiger partial charge in [0.1, 0.15) is 5.56 Å². The highest BCUT2D eigenvalue weighted by molar-refractivity contribution is 5.98. The number of fused-ring (bicyclic) bond motifs is 2. The fourth-order valence-electron chi connectivity index (χ4n) is 3.46. The molecule has 0 fully saturated rings. The highest BCUT2D eigenvalue weighted by Crippen LogP contribution is 2.30. The molecule has 0 saturated heterocycles. The van der Waals surface area contributed by atoms with Gasteiger partial charge in [0, 0.05) is 11.4 Å². The molecule has 6 nitrogen and oxygen atoms in total. The summed E-state index contributed by atoms with van der Waals surface area (Å²) in [6.45, 7) is 0. The van der Waals surface area contributed by atoms with Crippen molar-refractivity contribution in [2.45, 2.75) is 31.7 Å². The monoisotopic (exact) mass is 323 g/mol. The molecule has 1 aliphatic carbocycles. The van der Waals surface area contributed by atoms with Crippen LogP contribution in [0.4, 0.5) is 5.69 Å². The van der Waals surface area contributed by atoms with Crippen LogP contribution in [0.3, 0.4) is 0 Å². The molecular formula is C18H17N3O3. The number of aromatic nitrogens is 1. The normalized spacial score (nSPS) is 18.5. The fraction of sp³-hybridized carbons (Fsp3) is 0.278. The van der Waals surface area contributed by atoms with Gasteiger partial charge in [-0.1, -0.05) is 18.2 Å². The van der Waals surface area contributed by atoms with Crippen LogP contribution in [0.2, 0.25) is 0 Å². The maximum Gasteiger partial charge on any atom is 0.261 e. The van der Waals surface area contributed by atoms with Crippen LogP contribution >= 0.6 is 0 Å². The molecule has 6 heteroatoms. The summed E-state index contributed by atoms with van der Waals surface area (Å²) in [7, 11) is 0. The van der Waals surface area contributed by atoms with Gasteiger partial charge in [-0.05, 0) is 42.5 Å². The minimum Gasteiger partial charge on any atom is -0.344 e. The number of amides is 2. The smallest absolute Gasteiger partial charge is 0.261 e. The largest absolute Gasteiger partial charge is 0.344 e. The molecule has 1 unspecified atom stereocenters. The van der Waals surface area contributed by atoms with E-state index in [1.165, 1.54) is 0 Å². The highest BCUT2D eigenvalue weighted by Gasteiger charge is 2.27. The molecule has 122 valence electrons. The van der Waals surface area contributed by atoms with Gasteiger partial charge in [-0.3, -0.25) is 14.4 Å². The third-order valence-electron chi connectivity index (χ3n) is 4.64. The Balaban J connectivity index is 1.63. The summed E-state index contributed by atoms with van der Waals surface area (Å²) in [4.78, 5) is 39.4. The van der Waals surface area contributed by atoms with E-state index in [1.54, 1.807) is 12.1 Å². The molecule has 1 atom stereocenters. The van der Waals surface area contributed by atoms with E-state index in [0.29, 0.717) is 5.69 Å². The van der Waals surface area contributed by atoms with E-state index in [9.17, 15) is 14.4 Å². The Morgan fingerprint density at radius 2 is 2.00 bits per heavy atom. The second-order valence-corrected chi connectivity index (χ2v) is 6.24. The van der Waals surface area contributed by atoms with Gasteiger partial charge in [0.25, 0.3) is 11.5 Å². The van der Waals surface area contributed by atoms with Gasteiger partial charge in [-0.15, -0.1) is 0 Å². The number of aromatic amines is 1. The summed E-state index contributed by atoms with van der Waals surface area (Å²) < 4.78 is 0. The summed E-state index contributed by atoms with van der Waals surface area (Å²) in [5.41, 5.74) is 3.24. The molecule has 2 amide bonds. The Kier molecular flexibility index (Phi) is 3.45. The third kappa shape index (κ3) is 2.50. The number of hydrogen-bond donors (Lipinski definition) is 3. The van der Waals surface area contributed by atoms with Crippen LogP contribution in [0.1, 0.15) is 46.1 Å². The lowest BCUT2D eigenvalue weighted by molar-refractivity contribution is -0.116. The number of para-hydroxylation sites is 1. The lowest BCUT2D eigenvalue weighted by Gasteiger charge is -2.26. The Hall–Kier alpha value is -2.89. The molecule has 0 radical (unpaired) electrons. The molecule has 1 aliphatic heterocycles. The number of rotatable bonds is 2. The van der Waals surface area contributed by atoms with Crippen LogP contribution < -0.4 is 16.2 Å². The zero-order valence-corrected chi connectivity index (χ0v) is 13.0. The Bertz CT molecular complexity index is 901. The van der Waals surface area contributed by atoms with Gasteiger partial charge >= 0.3 is 0 Å². The lowest BCUT2D eigenvalue weighted by Crippen LogP contribution is -2.37. The Morgan fingerprint density at radius 1 is 1.17 bits per heavy atom. The van der Waals surface area contributed by atoms with E-state index >= 15 is 0 Å². The van der Waals surface area contributed by atoms with Gasteiger partial charge in [-0.2, -0.15) is 0 Å². The van der Waals surface area contributed by atoms with Crippen molar-refractivity contribution in [3.8, 4) is 0 Å². The Labute approximate surface area is 138 Å². The van der Waals surface area contributed by atoms with Crippen LogP contribution in [-0.2, 0) is 17.6 Å². The molecule has 2 heterocycles. The molecule has 1 aromatic carbocycles. The number of hydrogen-bond acceptors (Lipinski definition) is 3. The van der Waals surface area contributed by atoms with Crippen molar-refractivity contribution in [3.05, 3.63) is 63.1 Å². The molecule has 0 saturated carbocycles. The Morgan fingerprint density at radius 3 is 2.88 bits per heavy atom. The van der Waals surface area contributed by atoms with Crippen LogP contribution in [0, 0.1) is 0 Å². The van der Waals surface area contributed by atoms with E-state index in [2.05, 4.69) is 15.6 Å². The number of H-pyrrole nitrogens is 1. The number of pyridine rings is 1. The average molecular weight is 323 g/mol. The van der Waals surface area contributed by atoms with Gasteiger partial charge in [0.15, 0.2) is 0 Å². The van der Waals surface area contributed by atoms with E-state index < -0.39 is 11.9 Å². The topological polar surface area (TPSA) is 91.1 Å². The molecule has 2 aromatic rings. The minimum absolute atomic E-state index is 0.110. The predicted molar refractivity (Wildman–Crippen MR) is 89.0 cm³/mol. The van der Waals surface area contributed by atoms with Crippen molar-refractivity contribution < 1.29 is 9.59 Å². The van der Waals surface area contributed by atoms with Crippen molar-refractivity contribution in [1.82, 2.24) is 10.3 Å². The van der Waals surface area contributed by atoms with Crippen molar-refractivity contribution in [3.63, 3.8) is 0 Å². The van der Waals surface area contributed by atoms with Crippen LogP contribution in [0.15, 0.2) is 35.1 Å². The third-order valence-corrected chi connectivity index (χ3v) is 4.64. The summed E-state index contributed by atoms with van der Waals surface area (Å²) >= 11 is 0. The molecule has 24 heavy (non-hydrogen) atoms. The van der Waals surface area contributed by atoms with E-state index in [4.69, 9.17) is 0 Å². The zero-order chi connectivity index (χ0) is 16.7. The molecule has 0 spiro atoms. The van der Waals surface area contributed by atoms with Crippen molar-refractivity contribution in [2.24, 2.45) is 0 Å². The molecule has 0 bridgehead atoms. The number of aryl methyl sites for hydroxylation is 2. The van der Waals surface area contributed by atoms with Crippen LogP contribution in [0.5, 0.6) is 0 Å². The van der Waals surface area contributed by atoms with E-state index in [-0.39, 0.29) is 23.5 Å². The second kappa shape index (κ2) is 5.63. The van der Waals surface area contributed by atoms with Gasteiger partial charge in [0.05, 0.1) is 12.5 Å². The SMILES string of the molecule is O=C1CC(NC(=O)c2cc3c([nH]c2=O)CCC3)c2ccccc2N1. The predicted octanol–water partition coefficient (Wildman–Crippen LogP) is 1.68. The number of nitrogens with one attached hydrogen (secondary N) is 3. The summed E-state index contributed by atoms with van der Waals surface area (Å²) in [6, 6.07) is 8.60. The maximum atomic E-state index is 12.6. The maximum absolute atomic E-state index is 12.6. The van der Waals surface area contributed by atoms with E-state index in [1.807, 2.05) is 18.2 Å². The first kappa shape index (κ1) is 14.7.